The highest BCUT2D eigenvalue weighted by Gasteiger charge is 2.34. The van der Waals surface area contributed by atoms with Gasteiger partial charge in [0, 0.05) is 18.2 Å². The third kappa shape index (κ3) is 2.80. The van der Waals surface area contributed by atoms with Gasteiger partial charge in [0.05, 0.1) is 6.61 Å². The van der Waals surface area contributed by atoms with E-state index in [-0.39, 0.29) is 5.91 Å². The van der Waals surface area contributed by atoms with Crippen molar-refractivity contribution in [2.45, 2.75) is 25.8 Å². The summed E-state index contributed by atoms with van der Waals surface area (Å²) in [5, 5.41) is 3.20. The molecular weight excluding hydrogens is 252 g/mol. The quantitative estimate of drug-likeness (QED) is 0.912. The molecule has 0 saturated carbocycles. The van der Waals surface area contributed by atoms with E-state index in [9.17, 15) is 4.79 Å². The normalized spacial score (nSPS) is 28.1. The number of amides is 1. The van der Waals surface area contributed by atoms with Gasteiger partial charge >= 0.3 is 0 Å². The van der Waals surface area contributed by atoms with Gasteiger partial charge < -0.3 is 15.0 Å². The van der Waals surface area contributed by atoms with E-state index in [0.717, 1.165) is 12.3 Å². The van der Waals surface area contributed by atoms with E-state index in [2.05, 4.69) is 10.2 Å². The molecule has 1 atom stereocenters. The van der Waals surface area contributed by atoms with Gasteiger partial charge in [-0.15, -0.1) is 0 Å². The summed E-state index contributed by atoms with van der Waals surface area (Å²) in [5.74, 6) is 1.43. The average molecular weight is 274 g/mol. The van der Waals surface area contributed by atoms with E-state index in [4.69, 9.17) is 4.74 Å². The lowest BCUT2D eigenvalue weighted by molar-refractivity contribution is 0.0620. The molecule has 0 aliphatic carbocycles. The van der Waals surface area contributed by atoms with E-state index < -0.39 is 0 Å². The summed E-state index contributed by atoms with van der Waals surface area (Å²) < 4.78 is 5.45. The molecule has 1 N–H and O–H groups in total. The molecule has 0 spiro atoms. The van der Waals surface area contributed by atoms with Gasteiger partial charge in [-0.3, -0.25) is 4.79 Å². The van der Waals surface area contributed by atoms with Gasteiger partial charge in [-0.2, -0.15) is 0 Å². The van der Waals surface area contributed by atoms with Crippen LogP contribution in [0.1, 0.15) is 30.1 Å². The average Bonchev–Trinajstić information content (AvgIpc) is 2.49. The van der Waals surface area contributed by atoms with Gasteiger partial charge in [0.25, 0.3) is 5.91 Å². The Balaban J connectivity index is 1.65. The number of rotatable bonds is 4. The highest BCUT2D eigenvalue weighted by atomic mass is 16.5. The molecule has 1 unspecified atom stereocenters. The minimum Gasteiger partial charge on any atom is -0.494 e. The summed E-state index contributed by atoms with van der Waals surface area (Å²) in [6.07, 6.45) is 2.42. The van der Waals surface area contributed by atoms with Gasteiger partial charge in [-0.25, -0.2) is 0 Å². The number of nitrogens with one attached hydrogen (secondary N) is 1. The van der Waals surface area contributed by atoms with Crippen LogP contribution in [0.3, 0.4) is 0 Å². The molecule has 3 saturated heterocycles. The fraction of sp³-hybridized carbons (Fsp3) is 0.562. The minimum atomic E-state index is 0.0188. The number of hydrogen-bond donors (Lipinski definition) is 1. The second-order valence-electron chi connectivity index (χ2n) is 5.68. The van der Waals surface area contributed by atoms with Crippen LogP contribution >= 0.6 is 0 Å². The Morgan fingerprint density at radius 3 is 2.85 bits per heavy atom. The summed E-state index contributed by atoms with van der Waals surface area (Å²) in [6.45, 7) is 5.94. The molecule has 3 fully saturated rings. The SMILES string of the molecule is CCOc1cccc(C(=O)NC2CN3CCC2CC3)c1. The summed E-state index contributed by atoms with van der Waals surface area (Å²) in [7, 11) is 0. The molecule has 3 aliphatic rings. The van der Waals surface area contributed by atoms with Crippen LogP contribution in [0, 0.1) is 5.92 Å². The Morgan fingerprint density at radius 1 is 1.40 bits per heavy atom. The first kappa shape index (κ1) is 13.4. The van der Waals surface area contributed by atoms with Crippen LogP contribution in [0.25, 0.3) is 0 Å². The summed E-state index contributed by atoms with van der Waals surface area (Å²) in [4.78, 5) is 14.8. The number of piperidine rings is 3. The van der Waals surface area contributed by atoms with Crippen molar-refractivity contribution < 1.29 is 9.53 Å². The van der Waals surface area contributed by atoms with Gasteiger partial charge in [-0.05, 0) is 57.0 Å². The number of ether oxygens (including phenoxy) is 1. The Morgan fingerprint density at radius 2 is 2.20 bits per heavy atom. The Kier molecular flexibility index (Phi) is 3.92. The smallest absolute Gasteiger partial charge is 0.251 e. The predicted octanol–water partition coefficient (Wildman–Crippen LogP) is 1.91. The third-order valence-electron chi connectivity index (χ3n) is 4.38. The van der Waals surface area contributed by atoms with E-state index >= 15 is 0 Å². The second-order valence-corrected chi connectivity index (χ2v) is 5.68. The number of benzene rings is 1. The topological polar surface area (TPSA) is 41.6 Å². The highest BCUT2D eigenvalue weighted by molar-refractivity contribution is 5.94. The standard InChI is InChI=1S/C16H22N2O2/c1-2-20-14-5-3-4-13(10-14)16(19)17-15-11-18-8-6-12(15)7-9-18/h3-5,10,12,15H,2,6-9,11H2,1H3,(H,17,19). The molecule has 4 heteroatoms. The minimum absolute atomic E-state index is 0.0188. The fourth-order valence-electron chi connectivity index (χ4n) is 3.27. The highest BCUT2D eigenvalue weighted by Crippen LogP contribution is 2.27. The first-order valence-corrected chi connectivity index (χ1v) is 7.52. The molecule has 2 bridgehead atoms. The number of hydrogen-bond acceptors (Lipinski definition) is 3. The summed E-state index contributed by atoms with van der Waals surface area (Å²) >= 11 is 0. The van der Waals surface area contributed by atoms with Crippen molar-refractivity contribution >= 4 is 5.91 Å². The zero-order valence-corrected chi connectivity index (χ0v) is 12.0. The number of carbonyl (C=O) groups is 1. The molecule has 0 radical (unpaired) electrons. The summed E-state index contributed by atoms with van der Waals surface area (Å²) in [5.41, 5.74) is 0.687. The van der Waals surface area contributed by atoms with Crippen LogP contribution in [-0.2, 0) is 0 Å². The molecule has 1 aromatic rings. The zero-order chi connectivity index (χ0) is 13.9. The van der Waals surface area contributed by atoms with Crippen LogP contribution in [0.4, 0.5) is 0 Å². The van der Waals surface area contributed by atoms with E-state index in [0.29, 0.717) is 24.1 Å². The molecule has 3 heterocycles. The molecule has 0 aromatic heterocycles. The van der Waals surface area contributed by atoms with Crippen molar-refractivity contribution in [2.24, 2.45) is 5.92 Å². The molecule has 1 aromatic carbocycles. The molecular formula is C16H22N2O2. The maximum atomic E-state index is 12.4. The second kappa shape index (κ2) is 5.83. The maximum Gasteiger partial charge on any atom is 0.251 e. The van der Waals surface area contributed by atoms with Gasteiger partial charge in [0.2, 0.25) is 0 Å². The predicted molar refractivity (Wildman–Crippen MR) is 78.0 cm³/mol. The van der Waals surface area contributed by atoms with E-state index in [1.165, 1.54) is 25.9 Å². The van der Waals surface area contributed by atoms with Crippen LogP contribution < -0.4 is 10.1 Å². The zero-order valence-electron chi connectivity index (χ0n) is 12.0. The van der Waals surface area contributed by atoms with Crippen LogP contribution in [0.5, 0.6) is 5.75 Å². The fourth-order valence-corrected chi connectivity index (χ4v) is 3.27. The first-order valence-electron chi connectivity index (χ1n) is 7.52. The number of carbonyl (C=O) groups excluding carboxylic acids is 1. The van der Waals surface area contributed by atoms with Crippen molar-refractivity contribution in [3.8, 4) is 5.75 Å². The van der Waals surface area contributed by atoms with Crippen molar-refractivity contribution in [1.82, 2.24) is 10.2 Å². The van der Waals surface area contributed by atoms with Crippen LogP contribution in [0.2, 0.25) is 0 Å². The van der Waals surface area contributed by atoms with Crippen molar-refractivity contribution in [3.63, 3.8) is 0 Å². The van der Waals surface area contributed by atoms with Crippen LogP contribution in [-0.4, -0.2) is 43.1 Å². The molecule has 20 heavy (non-hydrogen) atoms. The van der Waals surface area contributed by atoms with Gasteiger partial charge in [-0.1, -0.05) is 6.07 Å². The number of fused-ring (bicyclic) bond motifs is 3. The lowest BCUT2D eigenvalue weighted by atomic mass is 9.84. The van der Waals surface area contributed by atoms with Crippen LogP contribution in [0.15, 0.2) is 24.3 Å². The Labute approximate surface area is 120 Å². The van der Waals surface area contributed by atoms with Crippen molar-refractivity contribution in [3.05, 3.63) is 29.8 Å². The van der Waals surface area contributed by atoms with Gasteiger partial charge in [0.1, 0.15) is 5.75 Å². The molecule has 1 amide bonds. The van der Waals surface area contributed by atoms with Gasteiger partial charge in [0.15, 0.2) is 0 Å². The Bertz CT molecular complexity index is 481. The first-order chi connectivity index (χ1) is 9.76. The lowest BCUT2D eigenvalue weighted by Gasteiger charge is -2.44. The van der Waals surface area contributed by atoms with E-state index in [1.54, 1.807) is 0 Å². The monoisotopic (exact) mass is 274 g/mol. The van der Waals surface area contributed by atoms with Crippen molar-refractivity contribution in [2.75, 3.05) is 26.2 Å². The summed E-state index contributed by atoms with van der Waals surface area (Å²) in [6, 6.07) is 7.73. The third-order valence-corrected chi connectivity index (χ3v) is 4.38. The molecule has 4 rings (SSSR count). The molecule has 3 aliphatic heterocycles. The Hall–Kier alpha value is -1.55. The number of nitrogens with zero attached hydrogens (tertiary/aromatic N) is 1. The largest absolute Gasteiger partial charge is 0.494 e. The lowest BCUT2D eigenvalue weighted by Crippen LogP contribution is -2.57. The molecule has 108 valence electrons. The van der Waals surface area contributed by atoms with Crippen molar-refractivity contribution in [1.29, 1.82) is 0 Å². The maximum absolute atomic E-state index is 12.4. The molecule has 4 nitrogen and oxygen atoms in total. The van der Waals surface area contributed by atoms with E-state index in [1.807, 2.05) is 31.2 Å².